The van der Waals surface area contributed by atoms with Crippen LogP contribution in [0.25, 0.3) is 0 Å². The molecule has 1 aromatic rings. The Morgan fingerprint density at radius 3 is 2.55 bits per heavy atom. The van der Waals surface area contributed by atoms with E-state index in [1.807, 2.05) is 32.0 Å². The van der Waals surface area contributed by atoms with Crippen LogP contribution in [0.5, 0.6) is 0 Å². The predicted molar refractivity (Wildman–Crippen MR) is 84.8 cm³/mol. The Balaban J connectivity index is 2.14. The summed E-state index contributed by atoms with van der Waals surface area (Å²) in [4.78, 5) is 13.8. The summed E-state index contributed by atoms with van der Waals surface area (Å²) in [6, 6.07) is 10.2. The molecular weight excluding hydrogens is 250 g/mol. The van der Waals surface area contributed by atoms with E-state index in [1.165, 1.54) is 5.69 Å². The summed E-state index contributed by atoms with van der Waals surface area (Å²) in [5.41, 5.74) is 6.78. The molecule has 112 valence electrons. The lowest BCUT2D eigenvalue weighted by molar-refractivity contribution is -0.121. The molecule has 4 heteroatoms. The molecule has 0 radical (unpaired) electrons. The first-order valence-electron chi connectivity index (χ1n) is 7.20. The van der Waals surface area contributed by atoms with E-state index in [0.29, 0.717) is 19.4 Å². The van der Waals surface area contributed by atoms with Crippen molar-refractivity contribution in [1.29, 1.82) is 0 Å². The summed E-state index contributed by atoms with van der Waals surface area (Å²) in [6.07, 6.45) is 2.14. The zero-order valence-corrected chi connectivity index (χ0v) is 12.9. The van der Waals surface area contributed by atoms with Crippen molar-refractivity contribution in [2.75, 3.05) is 25.0 Å². The van der Waals surface area contributed by atoms with Crippen LogP contribution in [-0.2, 0) is 4.79 Å². The quantitative estimate of drug-likeness (QED) is 0.716. The Kier molecular flexibility index (Phi) is 6.52. The van der Waals surface area contributed by atoms with Crippen molar-refractivity contribution in [2.45, 2.75) is 38.6 Å². The lowest BCUT2D eigenvalue weighted by Crippen LogP contribution is -2.35. The minimum Gasteiger partial charge on any atom is -0.375 e. The van der Waals surface area contributed by atoms with Crippen LogP contribution < -0.4 is 16.0 Å². The number of anilines is 1. The third-order valence-electron chi connectivity index (χ3n) is 3.19. The van der Waals surface area contributed by atoms with Gasteiger partial charge in [-0.1, -0.05) is 18.2 Å². The van der Waals surface area contributed by atoms with Gasteiger partial charge in [-0.05, 0) is 38.8 Å². The Morgan fingerprint density at radius 2 is 1.95 bits per heavy atom. The second kappa shape index (κ2) is 7.90. The highest BCUT2D eigenvalue weighted by molar-refractivity contribution is 5.75. The van der Waals surface area contributed by atoms with Crippen LogP contribution in [0.3, 0.4) is 0 Å². The number of para-hydroxylation sites is 1. The molecule has 4 nitrogen and oxygen atoms in total. The smallest absolute Gasteiger partial charge is 0.220 e. The van der Waals surface area contributed by atoms with Gasteiger partial charge < -0.3 is 16.0 Å². The van der Waals surface area contributed by atoms with Gasteiger partial charge in [0.25, 0.3) is 0 Å². The summed E-state index contributed by atoms with van der Waals surface area (Å²) in [6.45, 7) is 5.51. The highest BCUT2D eigenvalue weighted by Gasteiger charge is 2.12. The molecule has 0 unspecified atom stereocenters. The van der Waals surface area contributed by atoms with Crippen LogP contribution in [0.2, 0.25) is 0 Å². The second-order valence-electron chi connectivity index (χ2n) is 5.95. The SMILES string of the molecule is CN(CCCNC(=O)CCC(C)(C)N)c1ccccc1. The van der Waals surface area contributed by atoms with E-state index in [9.17, 15) is 4.79 Å². The number of hydrogen-bond acceptors (Lipinski definition) is 3. The maximum absolute atomic E-state index is 11.6. The maximum Gasteiger partial charge on any atom is 0.220 e. The molecule has 1 aromatic carbocycles. The number of carbonyl (C=O) groups is 1. The first-order valence-corrected chi connectivity index (χ1v) is 7.20. The normalized spacial score (nSPS) is 11.2. The maximum atomic E-state index is 11.6. The number of nitrogens with two attached hydrogens (primary N) is 1. The largest absolute Gasteiger partial charge is 0.375 e. The number of carbonyl (C=O) groups excluding carboxylic acids is 1. The molecule has 0 aliphatic heterocycles. The average Bonchev–Trinajstić information content (AvgIpc) is 2.41. The van der Waals surface area contributed by atoms with E-state index in [-0.39, 0.29) is 11.4 Å². The first-order chi connectivity index (χ1) is 9.38. The van der Waals surface area contributed by atoms with Gasteiger partial charge in [-0.25, -0.2) is 0 Å². The van der Waals surface area contributed by atoms with Gasteiger partial charge in [-0.15, -0.1) is 0 Å². The first kappa shape index (κ1) is 16.5. The molecule has 0 saturated heterocycles. The zero-order chi connectivity index (χ0) is 15.0. The number of nitrogens with one attached hydrogen (secondary N) is 1. The molecule has 0 heterocycles. The Bertz CT molecular complexity index is 398. The van der Waals surface area contributed by atoms with Crippen LogP contribution in [-0.4, -0.2) is 31.6 Å². The molecule has 0 saturated carbocycles. The molecule has 3 N–H and O–H groups in total. The summed E-state index contributed by atoms with van der Waals surface area (Å²) >= 11 is 0. The van der Waals surface area contributed by atoms with Crippen molar-refractivity contribution in [3.8, 4) is 0 Å². The molecule has 20 heavy (non-hydrogen) atoms. The minimum atomic E-state index is -0.273. The molecule has 0 bridgehead atoms. The summed E-state index contributed by atoms with van der Waals surface area (Å²) in [7, 11) is 2.06. The van der Waals surface area contributed by atoms with Gasteiger partial charge >= 0.3 is 0 Å². The van der Waals surface area contributed by atoms with Crippen molar-refractivity contribution in [3.05, 3.63) is 30.3 Å². The fourth-order valence-corrected chi connectivity index (χ4v) is 1.88. The third kappa shape index (κ3) is 7.14. The molecule has 0 fully saturated rings. The third-order valence-corrected chi connectivity index (χ3v) is 3.19. The summed E-state index contributed by atoms with van der Waals surface area (Å²) in [5.74, 6) is 0.0888. The van der Waals surface area contributed by atoms with Gasteiger partial charge in [0, 0.05) is 37.8 Å². The molecule has 0 aliphatic rings. The Hall–Kier alpha value is -1.55. The van der Waals surface area contributed by atoms with E-state index >= 15 is 0 Å². The number of hydrogen-bond donors (Lipinski definition) is 2. The van der Waals surface area contributed by atoms with E-state index in [4.69, 9.17) is 5.73 Å². The molecule has 1 rings (SSSR count). The highest BCUT2D eigenvalue weighted by atomic mass is 16.1. The standard InChI is InChI=1S/C16H27N3O/c1-16(2,17)11-10-15(20)18-12-7-13-19(3)14-8-5-4-6-9-14/h4-6,8-9H,7,10-13,17H2,1-3H3,(H,18,20). The van der Waals surface area contributed by atoms with Crippen LogP contribution in [0, 0.1) is 0 Å². The van der Waals surface area contributed by atoms with E-state index in [1.54, 1.807) is 0 Å². The van der Waals surface area contributed by atoms with Crippen LogP contribution in [0.4, 0.5) is 5.69 Å². The van der Waals surface area contributed by atoms with Crippen molar-refractivity contribution < 1.29 is 4.79 Å². The lowest BCUT2D eigenvalue weighted by Gasteiger charge is -2.20. The molecule has 0 spiro atoms. The van der Waals surface area contributed by atoms with Crippen LogP contribution in [0.15, 0.2) is 30.3 Å². The van der Waals surface area contributed by atoms with E-state index in [2.05, 4.69) is 29.4 Å². The van der Waals surface area contributed by atoms with Crippen molar-refractivity contribution in [2.24, 2.45) is 5.73 Å². The van der Waals surface area contributed by atoms with Crippen LogP contribution in [0.1, 0.15) is 33.1 Å². The number of amides is 1. The van der Waals surface area contributed by atoms with E-state index in [0.717, 1.165) is 13.0 Å². The number of benzene rings is 1. The predicted octanol–water partition coefficient (Wildman–Crippen LogP) is 2.15. The molecule has 0 aliphatic carbocycles. The minimum absolute atomic E-state index is 0.0888. The van der Waals surface area contributed by atoms with Gasteiger partial charge in [-0.2, -0.15) is 0 Å². The van der Waals surface area contributed by atoms with Gasteiger partial charge in [0.2, 0.25) is 5.91 Å². The molecule has 0 aromatic heterocycles. The summed E-state index contributed by atoms with van der Waals surface area (Å²) in [5, 5.41) is 2.94. The topological polar surface area (TPSA) is 58.4 Å². The lowest BCUT2D eigenvalue weighted by atomic mass is 10.00. The fraction of sp³-hybridized carbons (Fsp3) is 0.562. The fourth-order valence-electron chi connectivity index (χ4n) is 1.88. The van der Waals surface area contributed by atoms with Gasteiger partial charge in [0.15, 0.2) is 0 Å². The molecular formula is C16H27N3O. The number of nitrogens with zero attached hydrogens (tertiary/aromatic N) is 1. The average molecular weight is 277 g/mol. The molecule has 0 atom stereocenters. The van der Waals surface area contributed by atoms with Gasteiger partial charge in [-0.3, -0.25) is 4.79 Å². The van der Waals surface area contributed by atoms with Gasteiger partial charge in [0.05, 0.1) is 0 Å². The molecule has 1 amide bonds. The van der Waals surface area contributed by atoms with Crippen molar-refractivity contribution in [3.63, 3.8) is 0 Å². The van der Waals surface area contributed by atoms with Crippen LogP contribution >= 0.6 is 0 Å². The van der Waals surface area contributed by atoms with Crippen molar-refractivity contribution in [1.82, 2.24) is 5.32 Å². The van der Waals surface area contributed by atoms with Gasteiger partial charge in [0.1, 0.15) is 0 Å². The zero-order valence-electron chi connectivity index (χ0n) is 12.9. The monoisotopic (exact) mass is 277 g/mol. The Labute approximate surface area is 122 Å². The highest BCUT2D eigenvalue weighted by Crippen LogP contribution is 2.10. The van der Waals surface area contributed by atoms with Crippen molar-refractivity contribution >= 4 is 11.6 Å². The van der Waals surface area contributed by atoms with E-state index < -0.39 is 0 Å². The Morgan fingerprint density at radius 1 is 1.30 bits per heavy atom. The summed E-state index contributed by atoms with van der Waals surface area (Å²) < 4.78 is 0. The number of rotatable bonds is 8. The second-order valence-corrected chi connectivity index (χ2v) is 5.95.